The average Bonchev–Trinajstić information content (AvgIpc) is 2.58. The van der Waals surface area contributed by atoms with E-state index >= 15 is 0 Å². The Bertz CT molecular complexity index is 829. The fourth-order valence-corrected chi connectivity index (χ4v) is 2.56. The van der Waals surface area contributed by atoms with Gasteiger partial charge in [0.2, 0.25) is 0 Å². The van der Waals surface area contributed by atoms with Crippen LogP contribution in [0, 0.1) is 10.1 Å². The van der Waals surface area contributed by atoms with Gasteiger partial charge >= 0.3 is 0 Å². The lowest BCUT2D eigenvalue weighted by molar-refractivity contribution is -0.384. The number of nitro benzene ring substituents is 1. The maximum atomic E-state index is 12.0. The summed E-state index contributed by atoms with van der Waals surface area (Å²) in [4.78, 5) is 22.0. The van der Waals surface area contributed by atoms with Gasteiger partial charge in [-0.05, 0) is 43.7 Å². The first-order valence-electron chi connectivity index (χ1n) is 7.51. The number of non-ortho nitro benzene ring substituents is 1. The van der Waals surface area contributed by atoms with Crippen LogP contribution in [0.15, 0.2) is 41.5 Å². The van der Waals surface area contributed by atoms with E-state index in [0.29, 0.717) is 21.4 Å². The van der Waals surface area contributed by atoms with E-state index in [1.54, 1.807) is 12.1 Å². The molecule has 2 aromatic rings. The maximum Gasteiger partial charge on any atom is 0.271 e. The molecular formula is C17H15Cl2N3O4. The average molecular weight is 396 g/mol. The van der Waals surface area contributed by atoms with Crippen molar-refractivity contribution >= 4 is 41.0 Å². The third kappa shape index (κ3) is 5.18. The summed E-state index contributed by atoms with van der Waals surface area (Å²) < 4.78 is 5.53. The van der Waals surface area contributed by atoms with E-state index < -0.39 is 10.8 Å². The SMILES string of the molecule is CC(C)Oc1c(Cl)cc(/C=N/NC(=O)c2ccc([N+](=O)[O-])cc2)cc1Cl. The standard InChI is InChI=1S/C17H15Cl2N3O4/c1-10(2)26-16-14(18)7-11(8-15(16)19)9-20-21-17(23)12-3-5-13(6-4-12)22(24)25/h3-10H,1-2H3,(H,21,23)/b20-9+. The van der Waals surface area contributed by atoms with Crippen LogP contribution in [0.2, 0.25) is 10.0 Å². The van der Waals surface area contributed by atoms with Crippen molar-refractivity contribution in [2.24, 2.45) is 5.10 Å². The molecule has 0 aliphatic rings. The molecule has 0 fully saturated rings. The van der Waals surface area contributed by atoms with E-state index in [9.17, 15) is 14.9 Å². The van der Waals surface area contributed by atoms with Gasteiger partial charge in [-0.15, -0.1) is 0 Å². The van der Waals surface area contributed by atoms with Gasteiger partial charge in [-0.2, -0.15) is 5.10 Å². The molecule has 7 nitrogen and oxygen atoms in total. The molecule has 0 aromatic heterocycles. The van der Waals surface area contributed by atoms with Crippen LogP contribution >= 0.6 is 23.2 Å². The zero-order valence-corrected chi connectivity index (χ0v) is 15.4. The zero-order chi connectivity index (χ0) is 19.3. The number of hydrogen-bond acceptors (Lipinski definition) is 5. The lowest BCUT2D eigenvalue weighted by atomic mass is 10.2. The molecule has 9 heteroatoms. The van der Waals surface area contributed by atoms with E-state index in [1.807, 2.05) is 13.8 Å². The molecule has 0 radical (unpaired) electrons. The second kappa shape index (κ2) is 8.64. The second-order valence-corrected chi connectivity index (χ2v) is 6.30. The summed E-state index contributed by atoms with van der Waals surface area (Å²) in [6, 6.07) is 8.38. The number of ether oxygens (including phenoxy) is 1. The molecule has 136 valence electrons. The van der Waals surface area contributed by atoms with Crippen molar-refractivity contribution in [2.75, 3.05) is 0 Å². The van der Waals surface area contributed by atoms with Gasteiger partial charge in [-0.3, -0.25) is 14.9 Å². The van der Waals surface area contributed by atoms with Gasteiger partial charge in [0.15, 0.2) is 5.75 Å². The van der Waals surface area contributed by atoms with Gasteiger partial charge in [0.25, 0.3) is 11.6 Å². The molecule has 1 N–H and O–H groups in total. The van der Waals surface area contributed by atoms with Crippen LogP contribution in [0.5, 0.6) is 5.75 Å². The summed E-state index contributed by atoms with van der Waals surface area (Å²) in [5.41, 5.74) is 3.04. The molecule has 0 atom stereocenters. The lowest BCUT2D eigenvalue weighted by Crippen LogP contribution is -2.17. The third-order valence-corrected chi connectivity index (χ3v) is 3.66. The Labute approximate surface area is 159 Å². The number of carbonyl (C=O) groups excluding carboxylic acids is 1. The van der Waals surface area contributed by atoms with Gasteiger partial charge < -0.3 is 4.74 Å². The van der Waals surface area contributed by atoms with Crippen molar-refractivity contribution in [3.05, 3.63) is 67.7 Å². The van der Waals surface area contributed by atoms with Crippen LogP contribution in [0.1, 0.15) is 29.8 Å². The fraction of sp³-hybridized carbons (Fsp3) is 0.176. The highest BCUT2D eigenvalue weighted by atomic mass is 35.5. The van der Waals surface area contributed by atoms with Gasteiger partial charge in [0.1, 0.15) is 0 Å². The van der Waals surface area contributed by atoms with Crippen molar-refractivity contribution in [3.8, 4) is 5.75 Å². The number of carbonyl (C=O) groups is 1. The molecule has 0 unspecified atom stereocenters. The predicted molar refractivity (Wildman–Crippen MR) is 100 cm³/mol. The first-order chi connectivity index (χ1) is 12.3. The van der Waals surface area contributed by atoms with E-state index in [-0.39, 0.29) is 17.4 Å². The fourth-order valence-electron chi connectivity index (χ4n) is 1.97. The van der Waals surface area contributed by atoms with Crippen LogP contribution in [0.4, 0.5) is 5.69 Å². The Morgan fingerprint density at radius 1 is 1.23 bits per heavy atom. The predicted octanol–water partition coefficient (Wildman–Crippen LogP) is 4.45. The summed E-state index contributed by atoms with van der Waals surface area (Å²) in [6.45, 7) is 3.71. The number of nitro groups is 1. The van der Waals surface area contributed by atoms with Gasteiger partial charge in [-0.25, -0.2) is 5.43 Å². The third-order valence-electron chi connectivity index (χ3n) is 3.09. The highest BCUT2D eigenvalue weighted by Gasteiger charge is 2.11. The van der Waals surface area contributed by atoms with Gasteiger partial charge in [-0.1, -0.05) is 23.2 Å². The molecule has 1 amide bonds. The Morgan fingerprint density at radius 2 is 1.81 bits per heavy atom. The number of nitrogens with zero attached hydrogens (tertiary/aromatic N) is 2. The monoisotopic (exact) mass is 395 g/mol. The highest BCUT2D eigenvalue weighted by molar-refractivity contribution is 6.37. The summed E-state index contributed by atoms with van der Waals surface area (Å²) in [7, 11) is 0. The van der Waals surface area contributed by atoms with Crippen molar-refractivity contribution in [2.45, 2.75) is 20.0 Å². The molecule has 2 rings (SSSR count). The highest BCUT2D eigenvalue weighted by Crippen LogP contribution is 2.34. The zero-order valence-electron chi connectivity index (χ0n) is 13.9. The molecule has 0 aliphatic heterocycles. The van der Waals surface area contributed by atoms with E-state index in [2.05, 4.69) is 10.5 Å². The topological polar surface area (TPSA) is 93.8 Å². The molecule has 0 aliphatic carbocycles. The molecule has 0 saturated heterocycles. The summed E-state index contributed by atoms with van der Waals surface area (Å²) in [5, 5.41) is 15.1. The summed E-state index contributed by atoms with van der Waals surface area (Å²) in [5.74, 6) is -0.122. The second-order valence-electron chi connectivity index (χ2n) is 5.48. The molecule has 26 heavy (non-hydrogen) atoms. The van der Waals surface area contributed by atoms with Gasteiger partial charge in [0, 0.05) is 17.7 Å². The van der Waals surface area contributed by atoms with Crippen LogP contribution in [0.25, 0.3) is 0 Å². The normalized spacial score (nSPS) is 11.0. The minimum absolute atomic E-state index is 0.0782. The van der Waals surface area contributed by atoms with Crippen LogP contribution in [-0.4, -0.2) is 23.1 Å². The molecule has 0 saturated carbocycles. The summed E-state index contributed by atoms with van der Waals surface area (Å²) in [6.07, 6.45) is 1.30. The quantitative estimate of drug-likeness (QED) is 0.443. The van der Waals surface area contributed by atoms with Crippen molar-refractivity contribution < 1.29 is 14.5 Å². The first-order valence-corrected chi connectivity index (χ1v) is 8.27. The Morgan fingerprint density at radius 3 is 2.31 bits per heavy atom. The molecule has 0 heterocycles. The molecule has 0 spiro atoms. The van der Waals surface area contributed by atoms with Crippen molar-refractivity contribution in [1.82, 2.24) is 5.43 Å². The first kappa shape index (κ1) is 19.7. The smallest absolute Gasteiger partial charge is 0.271 e. The van der Waals surface area contributed by atoms with Crippen LogP contribution < -0.4 is 10.2 Å². The van der Waals surface area contributed by atoms with Gasteiger partial charge in [0.05, 0.1) is 27.3 Å². The molecule has 0 bridgehead atoms. The van der Waals surface area contributed by atoms with Crippen molar-refractivity contribution in [1.29, 1.82) is 0 Å². The lowest BCUT2D eigenvalue weighted by Gasteiger charge is -2.13. The van der Waals surface area contributed by atoms with E-state index in [0.717, 1.165) is 0 Å². The van der Waals surface area contributed by atoms with E-state index in [4.69, 9.17) is 27.9 Å². The number of nitrogens with one attached hydrogen (secondary N) is 1. The number of hydrazone groups is 1. The number of hydrogen-bond donors (Lipinski definition) is 1. The van der Waals surface area contributed by atoms with Crippen LogP contribution in [-0.2, 0) is 0 Å². The Kier molecular flexibility index (Phi) is 6.54. The minimum atomic E-state index is -0.542. The number of amides is 1. The minimum Gasteiger partial charge on any atom is -0.488 e. The number of rotatable bonds is 6. The summed E-state index contributed by atoms with van der Waals surface area (Å²) >= 11 is 12.3. The van der Waals surface area contributed by atoms with Crippen molar-refractivity contribution in [3.63, 3.8) is 0 Å². The molecule has 2 aromatic carbocycles. The Hall–Kier alpha value is -2.64. The number of benzene rings is 2. The maximum absolute atomic E-state index is 12.0. The number of halogens is 2. The largest absolute Gasteiger partial charge is 0.488 e. The molecular weight excluding hydrogens is 381 g/mol. The van der Waals surface area contributed by atoms with Crippen LogP contribution in [0.3, 0.4) is 0 Å². The Balaban J connectivity index is 2.05. The van der Waals surface area contributed by atoms with E-state index in [1.165, 1.54) is 30.5 Å².